The highest BCUT2D eigenvalue weighted by atomic mass is 16.5. The Hall–Kier alpha value is -0.530. The van der Waals surface area contributed by atoms with E-state index in [1.165, 1.54) is 64.9 Å². The largest absolute Gasteiger partial charge is 0.469 e. The maximum Gasteiger partial charge on any atom is 0.308 e. The lowest BCUT2D eigenvalue weighted by molar-refractivity contribution is -0.147. The number of carbonyl (C=O) groups excluding carboxylic acids is 1. The van der Waals surface area contributed by atoms with Gasteiger partial charge < -0.3 is 4.74 Å². The van der Waals surface area contributed by atoms with E-state index in [4.69, 9.17) is 4.74 Å². The van der Waals surface area contributed by atoms with Crippen molar-refractivity contribution in [3.8, 4) is 0 Å². The fourth-order valence-corrected chi connectivity index (χ4v) is 2.73. The van der Waals surface area contributed by atoms with Crippen LogP contribution in [0, 0.1) is 11.8 Å². The van der Waals surface area contributed by atoms with Gasteiger partial charge in [-0.05, 0) is 12.3 Å². The van der Waals surface area contributed by atoms with Gasteiger partial charge in [-0.25, -0.2) is 0 Å². The highest BCUT2D eigenvalue weighted by Crippen LogP contribution is 2.21. The molecule has 2 nitrogen and oxygen atoms in total. The summed E-state index contributed by atoms with van der Waals surface area (Å²) in [4.78, 5) is 11.6. The molecule has 1 atom stereocenters. The van der Waals surface area contributed by atoms with Crippen molar-refractivity contribution in [1.82, 2.24) is 0 Å². The number of hydrogen-bond acceptors (Lipinski definition) is 2. The minimum Gasteiger partial charge on any atom is -0.469 e. The van der Waals surface area contributed by atoms with Crippen molar-refractivity contribution < 1.29 is 9.53 Å². The second kappa shape index (κ2) is 13.5. The van der Waals surface area contributed by atoms with Crippen LogP contribution < -0.4 is 0 Å². The summed E-state index contributed by atoms with van der Waals surface area (Å²) in [5.74, 6) is 0.450. The predicted molar refractivity (Wildman–Crippen MR) is 86.8 cm³/mol. The van der Waals surface area contributed by atoms with E-state index < -0.39 is 0 Å². The number of methoxy groups -OCH3 is 1. The molecule has 2 heteroatoms. The molecule has 0 aliphatic rings. The minimum absolute atomic E-state index is 0.0316. The topological polar surface area (TPSA) is 26.3 Å². The molecule has 0 aliphatic heterocycles. The Bertz CT molecular complexity index is 223. The Labute approximate surface area is 126 Å². The molecular weight excluding hydrogens is 248 g/mol. The van der Waals surface area contributed by atoms with Gasteiger partial charge in [0.15, 0.2) is 0 Å². The van der Waals surface area contributed by atoms with E-state index in [9.17, 15) is 4.79 Å². The molecule has 0 fully saturated rings. The molecule has 0 spiro atoms. The summed E-state index contributed by atoms with van der Waals surface area (Å²) >= 11 is 0. The van der Waals surface area contributed by atoms with Crippen molar-refractivity contribution in [2.24, 2.45) is 11.8 Å². The number of esters is 1. The molecule has 0 saturated heterocycles. The fourth-order valence-electron chi connectivity index (χ4n) is 2.73. The maximum atomic E-state index is 11.6. The lowest BCUT2D eigenvalue weighted by atomic mass is 9.90. The summed E-state index contributed by atoms with van der Waals surface area (Å²) in [6, 6.07) is 0. The second-order valence-corrected chi connectivity index (χ2v) is 6.34. The van der Waals surface area contributed by atoms with E-state index >= 15 is 0 Å². The van der Waals surface area contributed by atoms with E-state index in [1.54, 1.807) is 0 Å². The molecule has 0 saturated carbocycles. The third-order valence-electron chi connectivity index (χ3n) is 4.18. The van der Waals surface area contributed by atoms with Crippen LogP contribution in [0.15, 0.2) is 0 Å². The van der Waals surface area contributed by atoms with Gasteiger partial charge in [0.05, 0.1) is 13.0 Å². The van der Waals surface area contributed by atoms with E-state index in [2.05, 4.69) is 20.8 Å². The second-order valence-electron chi connectivity index (χ2n) is 6.34. The summed E-state index contributed by atoms with van der Waals surface area (Å²) in [7, 11) is 1.50. The first kappa shape index (κ1) is 19.5. The molecular formula is C18H36O2. The molecule has 0 N–H and O–H groups in total. The quantitative estimate of drug-likeness (QED) is 0.318. The van der Waals surface area contributed by atoms with Gasteiger partial charge in [0.1, 0.15) is 0 Å². The van der Waals surface area contributed by atoms with Crippen LogP contribution in [0.5, 0.6) is 0 Å². The third kappa shape index (κ3) is 10.3. The zero-order valence-electron chi connectivity index (χ0n) is 14.2. The molecule has 0 rings (SSSR count). The first-order valence-corrected chi connectivity index (χ1v) is 8.71. The molecule has 0 radical (unpaired) electrons. The molecule has 20 heavy (non-hydrogen) atoms. The lowest BCUT2D eigenvalue weighted by Gasteiger charge is -2.17. The van der Waals surface area contributed by atoms with Crippen molar-refractivity contribution >= 4 is 5.97 Å². The highest BCUT2D eigenvalue weighted by molar-refractivity contribution is 5.72. The average Bonchev–Trinajstić information content (AvgIpc) is 2.43. The number of rotatable bonds is 13. The smallest absolute Gasteiger partial charge is 0.308 e. The SMILES string of the molecule is CCCCCCCCCCCCC(C(=O)OC)C(C)C. The molecule has 0 aromatic heterocycles. The molecule has 0 aromatic rings. The first-order chi connectivity index (χ1) is 9.63. The number of unbranched alkanes of at least 4 members (excludes halogenated alkanes) is 9. The number of ether oxygens (including phenoxy) is 1. The van der Waals surface area contributed by atoms with Gasteiger partial charge in [0.2, 0.25) is 0 Å². The van der Waals surface area contributed by atoms with Crippen LogP contribution in [0.3, 0.4) is 0 Å². The van der Waals surface area contributed by atoms with E-state index in [1.807, 2.05) is 0 Å². The normalized spacial score (nSPS) is 12.7. The Morgan fingerprint density at radius 3 is 1.70 bits per heavy atom. The summed E-state index contributed by atoms with van der Waals surface area (Å²) in [5, 5.41) is 0. The van der Waals surface area contributed by atoms with E-state index in [0.717, 1.165) is 12.8 Å². The van der Waals surface area contributed by atoms with Crippen LogP contribution in [-0.2, 0) is 9.53 Å². The van der Waals surface area contributed by atoms with E-state index in [0.29, 0.717) is 5.92 Å². The maximum absolute atomic E-state index is 11.6. The van der Waals surface area contributed by atoms with Crippen molar-refractivity contribution in [3.63, 3.8) is 0 Å². The van der Waals surface area contributed by atoms with Gasteiger partial charge in [-0.2, -0.15) is 0 Å². The predicted octanol–water partition coefficient (Wildman–Crippen LogP) is 5.74. The van der Waals surface area contributed by atoms with Gasteiger partial charge in [-0.3, -0.25) is 4.79 Å². The molecule has 1 unspecified atom stereocenters. The van der Waals surface area contributed by atoms with Crippen molar-refractivity contribution in [3.05, 3.63) is 0 Å². The zero-order chi connectivity index (χ0) is 15.2. The Kier molecular flexibility index (Phi) is 13.1. The van der Waals surface area contributed by atoms with Gasteiger partial charge in [-0.1, -0.05) is 85.0 Å². The van der Waals surface area contributed by atoms with Gasteiger partial charge in [0.25, 0.3) is 0 Å². The fraction of sp³-hybridized carbons (Fsp3) is 0.944. The van der Waals surface area contributed by atoms with Gasteiger partial charge >= 0.3 is 5.97 Å². The van der Waals surface area contributed by atoms with Crippen LogP contribution in [0.4, 0.5) is 0 Å². The van der Waals surface area contributed by atoms with Gasteiger partial charge in [0, 0.05) is 0 Å². The van der Waals surface area contributed by atoms with Crippen LogP contribution in [0.25, 0.3) is 0 Å². The summed E-state index contributed by atoms with van der Waals surface area (Å²) in [5.41, 5.74) is 0. The molecule has 0 bridgehead atoms. The van der Waals surface area contributed by atoms with Crippen molar-refractivity contribution in [2.75, 3.05) is 7.11 Å². The first-order valence-electron chi connectivity index (χ1n) is 8.71. The van der Waals surface area contributed by atoms with Crippen LogP contribution >= 0.6 is 0 Å². The van der Waals surface area contributed by atoms with Crippen molar-refractivity contribution in [1.29, 1.82) is 0 Å². The van der Waals surface area contributed by atoms with Crippen LogP contribution in [0.1, 0.15) is 91.4 Å². The number of hydrogen-bond donors (Lipinski definition) is 0. The standard InChI is InChI=1S/C18H36O2/c1-5-6-7-8-9-10-11-12-13-14-15-17(16(2)3)18(19)20-4/h16-17H,5-15H2,1-4H3. The summed E-state index contributed by atoms with van der Waals surface area (Å²) < 4.78 is 4.88. The van der Waals surface area contributed by atoms with Crippen molar-refractivity contribution in [2.45, 2.75) is 91.4 Å². The Balaban J connectivity index is 3.44. The number of carbonyl (C=O) groups is 1. The average molecular weight is 284 g/mol. The van der Waals surface area contributed by atoms with Crippen LogP contribution in [-0.4, -0.2) is 13.1 Å². The van der Waals surface area contributed by atoms with E-state index in [-0.39, 0.29) is 11.9 Å². The zero-order valence-corrected chi connectivity index (χ0v) is 14.2. The molecule has 0 aromatic carbocycles. The summed E-state index contributed by atoms with van der Waals surface area (Å²) in [6.07, 6.45) is 14.4. The third-order valence-corrected chi connectivity index (χ3v) is 4.18. The Morgan fingerprint density at radius 1 is 0.850 bits per heavy atom. The van der Waals surface area contributed by atoms with Gasteiger partial charge in [-0.15, -0.1) is 0 Å². The minimum atomic E-state index is -0.0316. The molecule has 0 heterocycles. The monoisotopic (exact) mass is 284 g/mol. The molecule has 120 valence electrons. The van der Waals surface area contributed by atoms with Crippen LogP contribution in [0.2, 0.25) is 0 Å². The highest BCUT2D eigenvalue weighted by Gasteiger charge is 2.21. The Morgan fingerprint density at radius 2 is 1.30 bits per heavy atom. The molecule has 0 amide bonds. The summed E-state index contributed by atoms with van der Waals surface area (Å²) in [6.45, 7) is 6.48. The lowest BCUT2D eigenvalue weighted by Crippen LogP contribution is -2.21. The molecule has 0 aliphatic carbocycles.